The Hall–Kier alpha value is -3.78. The normalized spacial score (nSPS) is 16.4. The monoisotopic (exact) mass is 429 g/mol. The van der Waals surface area contributed by atoms with Crippen LogP contribution in [0.5, 0.6) is 5.75 Å². The minimum absolute atomic E-state index is 0.194. The van der Waals surface area contributed by atoms with E-state index in [0.717, 1.165) is 34.6 Å². The second-order valence-electron chi connectivity index (χ2n) is 7.71. The molecule has 4 aromatic rings. The molecule has 2 aromatic heterocycles. The molecule has 8 heteroatoms. The van der Waals surface area contributed by atoms with E-state index in [4.69, 9.17) is 9.47 Å². The van der Waals surface area contributed by atoms with Gasteiger partial charge in [-0.25, -0.2) is 14.5 Å². The van der Waals surface area contributed by atoms with E-state index in [1.165, 1.54) is 0 Å². The number of benzene rings is 2. The Bertz CT molecular complexity index is 1270. The van der Waals surface area contributed by atoms with Gasteiger partial charge in [0.05, 0.1) is 25.5 Å². The summed E-state index contributed by atoms with van der Waals surface area (Å²) >= 11 is 0. The van der Waals surface area contributed by atoms with Gasteiger partial charge in [0.1, 0.15) is 12.1 Å². The molecule has 1 aliphatic heterocycles. The molecule has 2 aromatic carbocycles. The van der Waals surface area contributed by atoms with Crippen LogP contribution in [-0.4, -0.2) is 39.2 Å². The first-order valence-electron chi connectivity index (χ1n) is 10.5. The number of carbonyl (C=O) groups excluding carboxylic acids is 1. The van der Waals surface area contributed by atoms with Crippen molar-refractivity contribution in [1.82, 2.24) is 24.9 Å². The fourth-order valence-electron chi connectivity index (χ4n) is 3.88. The molecule has 0 bridgehead atoms. The van der Waals surface area contributed by atoms with Crippen molar-refractivity contribution >= 4 is 11.6 Å². The van der Waals surface area contributed by atoms with Gasteiger partial charge in [-0.15, -0.1) is 5.10 Å². The largest absolute Gasteiger partial charge is 0.497 e. The SMILES string of the molecule is COc1ccc(-c2cc3nc([C@H](C)NC(=O)C4OCCc5ccccc54)nn3cn2)cc1. The first-order valence-corrected chi connectivity index (χ1v) is 10.5. The molecule has 0 fully saturated rings. The number of methoxy groups -OCH3 is 1. The summed E-state index contributed by atoms with van der Waals surface area (Å²) in [4.78, 5) is 22.0. The molecule has 0 saturated heterocycles. The number of hydrogen-bond donors (Lipinski definition) is 1. The molecule has 8 nitrogen and oxygen atoms in total. The molecule has 1 N–H and O–H groups in total. The highest BCUT2D eigenvalue weighted by Gasteiger charge is 2.29. The summed E-state index contributed by atoms with van der Waals surface area (Å²) in [5.74, 6) is 1.10. The smallest absolute Gasteiger partial charge is 0.254 e. The van der Waals surface area contributed by atoms with Gasteiger partial charge in [0.25, 0.3) is 5.91 Å². The Balaban J connectivity index is 1.35. The van der Waals surface area contributed by atoms with Crippen molar-refractivity contribution in [2.45, 2.75) is 25.5 Å². The highest BCUT2D eigenvalue weighted by atomic mass is 16.5. The fourth-order valence-corrected chi connectivity index (χ4v) is 3.88. The lowest BCUT2D eigenvalue weighted by molar-refractivity contribution is -0.134. The lowest BCUT2D eigenvalue weighted by Crippen LogP contribution is -2.35. The van der Waals surface area contributed by atoms with Crippen LogP contribution in [0.15, 0.2) is 60.9 Å². The van der Waals surface area contributed by atoms with Crippen LogP contribution in [0.1, 0.15) is 36.0 Å². The van der Waals surface area contributed by atoms with Gasteiger partial charge >= 0.3 is 0 Å². The van der Waals surface area contributed by atoms with Crippen LogP contribution >= 0.6 is 0 Å². The van der Waals surface area contributed by atoms with Crippen LogP contribution in [0.25, 0.3) is 16.9 Å². The van der Waals surface area contributed by atoms with Gasteiger partial charge in [-0.3, -0.25) is 4.79 Å². The topological polar surface area (TPSA) is 90.6 Å². The molecule has 1 unspecified atom stereocenters. The first-order chi connectivity index (χ1) is 15.6. The van der Waals surface area contributed by atoms with Crippen molar-refractivity contribution < 1.29 is 14.3 Å². The molecule has 0 spiro atoms. The van der Waals surface area contributed by atoms with Crippen molar-refractivity contribution in [2.24, 2.45) is 0 Å². The summed E-state index contributed by atoms with van der Waals surface area (Å²) in [7, 11) is 1.64. The van der Waals surface area contributed by atoms with Gasteiger partial charge in [0.2, 0.25) is 0 Å². The Morgan fingerprint density at radius 1 is 1.22 bits per heavy atom. The quantitative estimate of drug-likeness (QED) is 0.524. The Morgan fingerprint density at radius 3 is 2.84 bits per heavy atom. The highest BCUT2D eigenvalue weighted by Crippen LogP contribution is 2.28. The molecule has 1 amide bonds. The van der Waals surface area contributed by atoms with E-state index in [2.05, 4.69) is 20.4 Å². The average Bonchev–Trinajstić information content (AvgIpc) is 3.27. The molecule has 162 valence electrons. The zero-order valence-electron chi connectivity index (χ0n) is 17.9. The molecule has 1 aliphatic rings. The third kappa shape index (κ3) is 3.80. The number of nitrogens with zero attached hydrogens (tertiary/aromatic N) is 4. The molecule has 2 atom stereocenters. The van der Waals surface area contributed by atoms with Crippen LogP contribution in [-0.2, 0) is 16.0 Å². The number of amides is 1. The van der Waals surface area contributed by atoms with E-state index in [1.807, 2.05) is 61.5 Å². The van der Waals surface area contributed by atoms with Crippen molar-refractivity contribution in [1.29, 1.82) is 0 Å². The predicted molar refractivity (Wildman–Crippen MR) is 118 cm³/mol. The van der Waals surface area contributed by atoms with E-state index >= 15 is 0 Å². The molecule has 0 saturated carbocycles. The molecule has 0 radical (unpaired) electrons. The summed E-state index contributed by atoms with van der Waals surface area (Å²) in [5, 5.41) is 7.47. The van der Waals surface area contributed by atoms with E-state index < -0.39 is 6.10 Å². The second kappa shape index (κ2) is 8.39. The number of rotatable bonds is 5. The molecule has 0 aliphatic carbocycles. The molecule has 3 heterocycles. The first kappa shape index (κ1) is 20.1. The van der Waals surface area contributed by atoms with E-state index in [-0.39, 0.29) is 11.9 Å². The summed E-state index contributed by atoms with van der Waals surface area (Å²) in [6.07, 6.45) is 1.82. The number of hydrogen-bond acceptors (Lipinski definition) is 6. The lowest BCUT2D eigenvalue weighted by Gasteiger charge is -2.26. The maximum atomic E-state index is 12.9. The Labute approximate surface area is 185 Å². The number of fused-ring (bicyclic) bond motifs is 2. The van der Waals surface area contributed by atoms with Crippen molar-refractivity contribution in [3.63, 3.8) is 0 Å². The average molecular weight is 429 g/mol. The summed E-state index contributed by atoms with van der Waals surface area (Å²) in [5.41, 5.74) is 4.45. The maximum absolute atomic E-state index is 12.9. The van der Waals surface area contributed by atoms with Crippen LogP contribution < -0.4 is 10.1 Å². The number of aromatic nitrogens is 4. The van der Waals surface area contributed by atoms with Gasteiger partial charge in [-0.05, 0) is 48.7 Å². The molecular weight excluding hydrogens is 406 g/mol. The van der Waals surface area contributed by atoms with Gasteiger partial charge in [-0.2, -0.15) is 0 Å². The summed E-state index contributed by atoms with van der Waals surface area (Å²) < 4.78 is 12.6. The van der Waals surface area contributed by atoms with Gasteiger partial charge in [0, 0.05) is 11.6 Å². The van der Waals surface area contributed by atoms with Crippen molar-refractivity contribution in [3.8, 4) is 17.0 Å². The minimum Gasteiger partial charge on any atom is -0.497 e. The lowest BCUT2D eigenvalue weighted by atomic mass is 9.97. The summed E-state index contributed by atoms with van der Waals surface area (Å²) in [6, 6.07) is 17.0. The Kier molecular flexibility index (Phi) is 5.28. The molecule has 32 heavy (non-hydrogen) atoms. The van der Waals surface area contributed by atoms with Crippen LogP contribution in [0.4, 0.5) is 0 Å². The van der Waals surface area contributed by atoms with Crippen LogP contribution in [0, 0.1) is 0 Å². The standard InChI is InChI=1S/C24H23N5O3/c1-15(26-24(30)22-19-6-4-3-5-16(19)11-12-32-22)23-27-21-13-20(25-14-29(21)28-23)17-7-9-18(31-2)10-8-17/h3-10,13-15,22H,11-12H2,1-2H3,(H,26,30)/t15-,22?/m0/s1. The molecule has 5 rings (SSSR count). The van der Waals surface area contributed by atoms with Gasteiger partial charge < -0.3 is 14.8 Å². The van der Waals surface area contributed by atoms with Crippen LogP contribution in [0.2, 0.25) is 0 Å². The van der Waals surface area contributed by atoms with Crippen molar-refractivity contribution in [2.75, 3.05) is 13.7 Å². The van der Waals surface area contributed by atoms with Crippen LogP contribution in [0.3, 0.4) is 0 Å². The van der Waals surface area contributed by atoms with Gasteiger partial charge in [0.15, 0.2) is 17.6 Å². The zero-order valence-corrected chi connectivity index (χ0v) is 17.9. The number of ether oxygens (including phenoxy) is 2. The van der Waals surface area contributed by atoms with Crippen molar-refractivity contribution in [3.05, 3.63) is 77.9 Å². The number of carbonyl (C=O) groups is 1. The van der Waals surface area contributed by atoms with Gasteiger partial charge in [-0.1, -0.05) is 24.3 Å². The second-order valence-corrected chi connectivity index (χ2v) is 7.71. The summed E-state index contributed by atoms with van der Waals surface area (Å²) in [6.45, 7) is 2.38. The highest BCUT2D eigenvalue weighted by molar-refractivity contribution is 5.83. The van der Waals surface area contributed by atoms with E-state index in [9.17, 15) is 4.79 Å². The van der Waals surface area contributed by atoms with E-state index in [0.29, 0.717) is 18.1 Å². The number of nitrogens with one attached hydrogen (secondary N) is 1. The zero-order chi connectivity index (χ0) is 22.1. The Morgan fingerprint density at radius 2 is 2.03 bits per heavy atom. The minimum atomic E-state index is -0.622. The van der Waals surface area contributed by atoms with E-state index in [1.54, 1.807) is 18.0 Å². The predicted octanol–water partition coefficient (Wildman–Crippen LogP) is 3.29. The maximum Gasteiger partial charge on any atom is 0.254 e. The molecular formula is C24H23N5O3. The third-order valence-electron chi connectivity index (χ3n) is 5.61. The third-order valence-corrected chi connectivity index (χ3v) is 5.61. The fraction of sp³-hybridized carbons (Fsp3) is 0.250.